The number of benzene rings is 1. The van der Waals surface area contributed by atoms with Gasteiger partial charge in [0.1, 0.15) is 0 Å². The summed E-state index contributed by atoms with van der Waals surface area (Å²) in [5.74, 6) is 1.36. The van der Waals surface area contributed by atoms with Crippen LogP contribution >= 0.6 is 0 Å². The van der Waals surface area contributed by atoms with Gasteiger partial charge in [0, 0.05) is 5.92 Å². The third kappa shape index (κ3) is 3.69. The summed E-state index contributed by atoms with van der Waals surface area (Å²) in [6.45, 7) is 8.33. The normalized spacial score (nSPS) is 25.3. The minimum atomic E-state index is 0.226. The van der Waals surface area contributed by atoms with Gasteiger partial charge in [0.25, 0.3) is 0 Å². The molecule has 3 heteroatoms. The highest BCUT2D eigenvalue weighted by Crippen LogP contribution is 2.48. The van der Waals surface area contributed by atoms with Crippen molar-refractivity contribution in [2.75, 3.05) is 19.6 Å². The van der Waals surface area contributed by atoms with E-state index < -0.39 is 0 Å². The molecular weight excluding hydrogens is 320 g/mol. The fourth-order valence-corrected chi connectivity index (χ4v) is 4.94. The highest BCUT2D eigenvalue weighted by Gasteiger charge is 2.42. The molecule has 0 radical (unpaired) electrons. The molecule has 142 valence electrons. The average molecular weight is 355 g/mol. The molecule has 26 heavy (non-hydrogen) atoms. The zero-order chi connectivity index (χ0) is 18.1. The highest BCUT2D eigenvalue weighted by molar-refractivity contribution is 5.81. The highest BCUT2D eigenvalue weighted by atomic mass is 16.2. The molecule has 2 aliphatic carbocycles. The van der Waals surface area contributed by atoms with Gasteiger partial charge < -0.3 is 10.2 Å². The van der Waals surface area contributed by atoms with Crippen molar-refractivity contribution in [3.63, 3.8) is 0 Å². The van der Waals surface area contributed by atoms with E-state index >= 15 is 0 Å². The van der Waals surface area contributed by atoms with Crippen LogP contribution < -0.4 is 5.32 Å². The van der Waals surface area contributed by atoms with E-state index in [1.54, 1.807) is 0 Å². The lowest BCUT2D eigenvalue weighted by molar-refractivity contribution is -0.123. The Morgan fingerprint density at radius 1 is 1.15 bits per heavy atom. The van der Waals surface area contributed by atoms with Gasteiger partial charge in [0.2, 0.25) is 5.91 Å². The van der Waals surface area contributed by atoms with E-state index in [0.29, 0.717) is 11.3 Å². The number of hydrogen-bond acceptors (Lipinski definition) is 2. The lowest BCUT2D eigenvalue weighted by Crippen LogP contribution is -2.46. The Balaban J connectivity index is 1.47. The van der Waals surface area contributed by atoms with Gasteiger partial charge in [-0.1, -0.05) is 38.1 Å². The Labute approximate surface area is 158 Å². The van der Waals surface area contributed by atoms with Crippen LogP contribution in [0.15, 0.2) is 24.3 Å². The van der Waals surface area contributed by atoms with Gasteiger partial charge in [0.05, 0.1) is 6.04 Å². The molecule has 3 aliphatic rings. The summed E-state index contributed by atoms with van der Waals surface area (Å²) in [6.07, 6.45) is 8.32. The maximum absolute atomic E-state index is 12.3. The summed E-state index contributed by atoms with van der Waals surface area (Å²) in [4.78, 5) is 15.0. The first-order chi connectivity index (χ1) is 12.6. The van der Waals surface area contributed by atoms with E-state index in [4.69, 9.17) is 0 Å². The number of carbonyl (C=O) groups is 1. The van der Waals surface area contributed by atoms with Crippen LogP contribution in [0.2, 0.25) is 0 Å². The lowest BCUT2D eigenvalue weighted by atomic mass is 9.63. The van der Waals surface area contributed by atoms with Crippen LogP contribution in [0.1, 0.15) is 76.0 Å². The van der Waals surface area contributed by atoms with Crippen molar-refractivity contribution in [1.82, 2.24) is 10.2 Å². The molecule has 1 atom stereocenters. The number of piperidine rings is 1. The van der Waals surface area contributed by atoms with Crippen molar-refractivity contribution in [1.29, 1.82) is 0 Å². The van der Waals surface area contributed by atoms with E-state index in [9.17, 15) is 4.79 Å². The molecule has 1 aromatic carbocycles. The molecule has 1 saturated heterocycles. The van der Waals surface area contributed by atoms with Gasteiger partial charge in [-0.25, -0.2) is 0 Å². The first-order valence-corrected chi connectivity index (χ1v) is 10.7. The molecule has 1 aromatic rings. The number of rotatable bonds is 5. The molecule has 1 spiro atoms. The van der Waals surface area contributed by atoms with E-state index in [1.165, 1.54) is 56.4 Å². The number of likely N-dealkylation sites (tertiary alicyclic amines) is 1. The number of fused-ring (bicyclic) bond motifs is 2. The van der Waals surface area contributed by atoms with E-state index in [-0.39, 0.29) is 11.9 Å². The number of carbonyl (C=O) groups excluding carboxylic acids is 1. The minimum Gasteiger partial charge on any atom is -0.349 e. The van der Waals surface area contributed by atoms with Crippen LogP contribution in [-0.2, 0) is 10.2 Å². The summed E-state index contributed by atoms with van der Waals surface area (Å²) in [5, 5.41) is 3.35. The summed E-state index contributed by atoms with van der Waals surface area (Å²) in [7, 11) is 0. The number of amides is 1. The van der Waals surface area contributed by atoms with Gasteiger partial charge in [-0.2, -0.15) is 0 Å². The molecule has 1 heterocycles. The second-order valence-electron chi connectivity index (χ2n) is 9.27. The molecule has 2 fully saturated rings. The fourth-order valence-electron chi connectivity index (χ4n) is 4.94. The van der Waals surface area contributed by atoms with Gasteiger partial charge in [-0.05, 0) is 87.0 Å². The summed E-state index contributed by atoms with van der Waals surface area (Å²) in [5.41, 5.74) is 3.25. The molecule has 1 N–H and O–H groups in total. The SMILES string of the molecule is CC(C)CCN1CCC2(CC[C@H](NC(=O)C3CC3)c3ccccc32)CC1. The predicted molar refractivity (Wildman–Crippen MR) is 106 cm³/mol. The second kappa shape index (κ2) is 7.34. The monoisotopic (exact) mass is 354 g/mol. The van der Waals surface area contributed by atoms with Gasteiger partial charge in [0.15, 0.2) is 0 Å². The second-order valence-corrected chi connectivity index (χ2v) is 9.27. The first kappa shape index (κ1) is 18.0. The van der Waals surface area contributed by atoms with Gasteiger partial charge in [-0.3, -0.25) is 4.79 Å². The number of nitrogens with one attached hydrogen (secondary N) is 1. The van der Waals surface area contributed by atoms with Crippen LogP contribution in [-0.4, -0.2) is 30.4 Å². The molecule has 4 rings (SSSR count). The minimum absolute atomic E-state index is 0.226. The molecule has 0 aromatic heterocycles. The van der Waals surface area contributed by atoms with Crippen molar-refractivity contribution in [3.8, 4) is 0 Å². The molecule has 0 unspecified atom stereocenters. The third-order valence-corrected chi connectivity index (χ3v) is 6.92. The molecule has 1 amide bonds. The van der Waals surface area contributed by atoms with Crippen molar-refractivity contribution in [2.24, 2.45) is 11.8 Å². The lowest BCUT2D eigenvalue weighted by Gasteiger charge is -2.47. The Bertz CT molecular complexity index is 641. The van der Waals surface area contributed by atoms with Crippen molar-refractivity contribution in [2.45, 2.75) is 70.3 Å². The van der Waals surface area contributed by atoms with E-state index in [1.807, 2.05) is 0 Å². The van der Waals surface area contributed by atoms with Crippen LogP contribution in [0.4, 0.5) is 0 Å². The quantitative estimate of drug-likeness (QED) is 0.848. The largest absolute Gasteiger partial charge is 0.349 e. The van der Waals surface area contributed by atoms with Crippen LogP contribution in [0.5, 0.6) is 0 Å². The third-order valence-electron chi connectivity index (χ3n) is 6.92. The molecular formula is C23H34N2O. The van der Waals surface area contributed by atoms with E-state index in [2.05, 4.69) is 48.3 Å². The summed E-state index contributed by atoms with van der Waals surface area (Å²) in [6, 6.07) is 9.17. The van der Waals surface area contributed by atoms with Gasteiger partial charge >= 0.3 is 0 Å². The smallest absolute Gasteiger partial charge is 0.223 e. The van der Waals surface area contributed by atoms with Crippen molar-refractivity contribution >= 4 is 5.91 Å². The van der Waals surface area contributed by atoms with Crippen LogP contribution in [0, 0.1) is 11.8 Å². The maximum atomic E-state index is 12.3. The average Bonchev–Trinajstić information content (AvgIpc) is 3.49. The Morgan fingerprint density at radius 3 is 2.58 bits per heavy atom. The fraction of sp³-hybridized carbons (Fsp3) is 0.696. The number of nitrogens with zero attached hydrogens (tertiary/aromatic N) is 1. The predicted octanol–water partition coefficient (Wildman–Crippen LogP) is 4.43. The van der Waals surface area contributed by atoms with Crippen LogP contribution in [0.3, 0.4) is 0 Å². The Kier molecular flexibility index (Phi) is 5.09. The van der Waals surface area contributed by atoms with Crippen molar-refractivity contribution < 1.29 is 4.79 Å². The maximum Gasteiger partial charge on any atom is 0.223 e. The standard InChI is InChI=1S/C23H34N2O/c1-17(2)10-14-25-15-12-23(13-16-25)11-9-21(24-22(26)18-7-8-18)19-5-3-4-6-20(19)23/h3-6,17-18,21H,7-16H2,1-2H3,(H,24,26)/t21-/m0/s1. The molecule has 1 aliphatic heterocycles. The van der Waals surface area contributed by atoms with Gasteiger partial charge in [-0.15, -0.1) is 0 Å². The zero-order valence-corrected chi connectivity index (χ0v) is 16.5. The number of hydrogen-bond donors (Lipinski definition) is 1. The summed E-state index contributed by atoms with van der Waals surface area (Å²) < 4.78 is 0. The topological polar surface area (TPSA) is 32.3 Å². The first-order valence-electron chi connectivity index (χ1n) is 10.7. The molecule has 0 bridgehead atoms. The zero-order valence-electron chi connectivity index (χ0n) is 16.5. The Hall–Kier alpha value is -1.35. The van der Waals surface area contributed by atoms with Crippen LogP contribution in [0.25, 0.3) is 0 Å². The van der Waals surface area contributed by atoms with Crippen molar-refractivity contribution in [3.05, 3.63) is 35.4 Å². The molecule has 1 saturated carbocycles. The van der Waals surface area contributed by atoms with E-state index in [0.717, 1.165) is 25.2 Å². The summed E-state index contributed by atoms with van der Waals surface area (Å²) >= 11 is 0. The Morgan fingerprint density at radius 2 is 1.88 bits per heavy atom. The molecule has 3 nitrogen and oxygen atoms in total.